The topological polar surface area (TPSA) is 65.2 Å². The molecule has 0 aliphatic rings. The van der Waals surface area contributed by atoms with Crippen molar-refractivity contribution >= 4 is 21.9 Å². The Kier molecular flexibility index (Phi) is 3.39. The molecular formula is C8H9BrN2O2. The van der Waals surface area contributed by atoms with E-state index < -0.39 is 12.0 Å². The maximum Gasteiger partial charge on any atom is 0.327 e. The van der Waals surface area contributed by atoms with Crippen molar-refractivity contribution in [1.82, 2.24) is 4.98 Å². The molecule has 0 aromatic carbocycles. The van der Waals surface area contributed by atoms with Crippen LogP contribution in [0.1, 0.15) is 11.6 Å². The molecule has 70 valence electrons. The fourth-order valence-corrected chi connectivity index (χ4v) is 1.24. The Bertz CT molecular complexity index is 317. The molecule has 0 radical (unpaired) electrons. The van der Waals surface area contributed by atoms with Crippen molar-refractivity contribution in [3.63, 3.8) is 0 Å². The highest BCUT2D eigenvalue weighted by molar-refractivity contribution is 9.10. The number of ether oxygens (including phenoxy) is 1. The molecule has 0 aliphatic heterocycles. The van der Waals surface area contributed by atoms with Gasteiger partial charge in [0.15, 0.2) is 0 Å². The summed E-state index contributed by atoms with van der Waals surface area (Å²) in [6.07, 6.45) is 3.15. The summed E-state index contributed by atoms with van der Waals surface area (Å²) in [4.78, 5) is 14.9. The number of esters is 1. The lowest BCUT2D eigenvalue weighted by molar-refractivity contribution is -0.142. The Morgan fingerprint density at radius 3 is 2.92 bits per heavy atom. The van der Waals surface area contributed by atoms with Crippen LogP contribution in [0.2, 0.25) is 0 Å². The van der Waals surface area contributed by atoms with Gasteiger partial charge in [-0.1, -0.05) is 0 Å². The highest BCUT2D eigenvalue weighted by Crippen LogP contribution is 2.15. The van der Waals surface area contributed by atoms with Crippen molar-refractivity contribution in [3.8, 4) is 0 Å². The van der Waals surface area contributed by atoms with Gasteiger partial charge < -0.3 is 10.5 Å². The van der Waals surface area contributed by atoms with Crippen molar-refractivity contribution in [2.75, 3.05) is 7.11 Å². The minimum Gasteiger partial charge on any atom is -0.468 e. The van der Waals surface area contributed by atoms with Crippen molar-refractivity contribution in [1.29, 1.82) is 0 Å². The van der Waals surface area contributed by atoms with E-state index in [1.54, 1.807) is 12.3 Å². The number of pyridine rings is 1. The first-order valence-corrected chi connectivity index (χ1v) is 4.38. The van der Waals surface area contributed by atoms with Crippen LogP contribution in [-0.4, -0.2) is 18.1 Å². The first-order valence-electron chi connectivity index (χ1n) is 3.59. The van der Waals surface area contributed by atoms with Crippen LogP contribution in [0.25, 0.3) is 0 Å². The van der Waals surface area contributed by atoms with Crippen LogP contribution in [0.3, 0.4) is 0 Å². The van der Waals surface area contributed by atoms with E-state index in [1.165, 1.54) is 13.3 Å². The van der Waals surface area contributed by atoms with Crippen LogP contribution >= 0.6 is 15.9 Å². The zero-order chi connectivity index (χ0) is 9.84. The molecule has 2 N–H and O–H groups in total. The summed E-state index contributed by atoms with van der Waals surface area (Å²) in [6.45, 7) is 0. The standard InChI is InChI=1S/C8H9BrN2O2/c1-13-8(12)7(10)5-2-6(9)4-11-3-5/h2-4,7H,10H2,1H3/t7-/m0/s1. The highest BCUT2D eigenvalue weighted by atomic mass is 79.9. The molecule has 0 unspecified atom stereocenters. The number of nitrogens with zero attached hydrogens (tertiary/aromatic N) is 1. The van der Waals surface area contributed by atoms with Gasteiger partial charge in [0.25, 0.3) is 0 Å². The van der Waals surface area contributed by atoms with Gasteiger partial charge in [0.1, 0.15) is 6.04 Å². The average Bonchev–Trinajstić information content (AvgIpc) is 2.15. The number of aromatic nitrogens is 1. The SMILES string of the molecule is COC(=O)[C@@H](N)c1cncc(Br)c1. The van der Waals surface area contributed by atoms with E-state index in [0.717, 1.165) is 4.47 Å². The van der Waals surface area contributed by atoms with Crippen LogP contribution in [-0.2, 0) is 9.53 Å². The molecule has 5 heteroatoms. The van der Waals surface area contributed by atoms with E-state index in [4.69, 9.17) is 5.73 Å². The smallest absolute Gasteiger partial charge is 0.327 e. The Balaban J connectivity index is 2.88. The minimum absolute atomic E-state index is 0.472. The monoisotopic (exact) mass is 244 g/mol. The average molecular weight is 245 g/mol. The second kappa shape index (κ2) is 4.34. The summed E-state index contributed by atoms with van der Waals surface area (Å²) in [7, 11) is 1.30. The van der Waals surface area contributed by atoms with Crippen LogP contribution in [0.4, 0.5) is 0 Å². The number of hydrogen-bond acceptors (Lipinski definition) is 4. The van der Waals surface area contributed by atoms with Crippen LogP contribution in [0.5, 0.6) is 0 Å². The fourth-order valence-electron chi connectivity index (χ4n) is 0.861. The predicted molar refractivity (Wildman–Crippen MR) is 50.9 cm³/mol. The van der Waals surface area contributed by atoms with Gasteiger partial charge in [-0.15, -0.1) is 0 Å². The van der Waals surface area contributed by atoms with Crippen LogP contribution in [0.15, 0.2) is 22.9 Å². The Labute approximate surface area is 84.2 Å². The first kappa shape index (κ1) is 10.1. The first-order chi connectivity index (χ1) is 6.15. The number of rotatable bonds is 2. The van der Waals surface area contributed by atoms with Gasteiger partial charge in [0.2, 0.25) is 0 Å². The molecule has 0 bridgehead atoms. The molecule has 1 aromatic rings. The van der Waals surface area contributed by atoms with E-state index in [-0.39, 0.29) is 0 Å². The molecule has 1 rings (SSSR count). The van der Waals surface area contributed by atoms with Gasteiger partial charge in [0.05, 0.1) is 7.11 Å². The molecule has 13 heavy (non-hydrogen) atoms. The number of halogens is 1. The quantitative estimate of drug-likeness (QED) is 0.790. The summed E-state index contributed by atoms with van der Waals surface area (Å²) < 4.78 is 5.28. The van der Waals surface area contributed by atoms with Gasteiger partial charge in [-0.05, 0) is 27.6 Å². The largest absolute Gasteiger partial charge is 0.468 e. The molecule has 4 nitrogen and oxygen atoms in total. The normalized spacial score (nSPS) is 12.2. The maximum absolute atomic E-state index is 11.0. The molecule has 0 saturated carbocycles. The molecule has 0 fully saturated rings. The number of carbonyl (C=O) groups is 1. The predicted octanol–water partition coefficient (Wildman–Crippen LogP) is 1.02. The third kappa shape index (κ3) is 2.50. The summed E-state index contributed by atoms with van der Waals surface area (Å²) in [5.41, 5.74) is 6.21. The molecule has 0 aliphatic carbocycles. The van der Waals surface area contributed by atoms with Gasteiger partial charge in [-0.3, -0.25) is 9.78 Å². The zero-order valence-corrected chi connectivity index (χ0v) is 8.61. The van der Waals surface area contributed by atoms with Gasteiger partial charge in [-0.2, -0.15) is 0 Å². The lowest BCUT2D eigenvalue weighted by Gasteiger charge is -2.08. The van der Waals surface area contributed by atoms with E-state index >= 15 is 0 Å². The van der Waals surface area contributed by atoms with E-state index in [2.05, 4.69) is 25.7 Å². The molecule has 1 aromatic heterocycles. The Morgan fingerprint density at radius 1 is 1.69 bits per heavy atom. The number of nitrogens with two attached hydrogens (primary N) is 1. The van der Waals surface area contributed by atoms with Crippen LogP contribution in [0, 0.1) is 0 Å². The van der Waals surface area contributed by atoms with E-state index in [0.29, 0.717) is 5.56 Å². The number of methoxy groups -OCH3 is 1. The Hall–Kier alpha value is -0.940. The lowest BCUT2D eigenvalue weighted by atomic mass is 10.1. The summed E-state index contributed by atoms with van der Waals surface area (Å²) in [5, 5.41) is 0. The second-order valence-corrected chi connectivity index (χ2v) is 3.35. The summed E-state index contributed by atoms with van der Waals surface area (Å²) in [5.74, 6) is -0.472. The fraction of sp³-hybridized carbons (Fsp3) is 0.250. The van der Waals surface area contributed by atoms with Crippen molar-refractivity contribution in [3.05, 3.63) is 28.5 Å². The minimum atomic E-state index is -0.769. The summed E-state index contributed by atoms with van der Waals surface area (Å²) >= 11 is 3.23. The Morgan fingerprint density at radius 2 is 2.38 bits per heavy atom. The molecular weight excluding hydrogens is 236 g/mol. The highest BCUT2D eigenvalue weighted by Gasteiger charge is 2.16. The molecule has 0 amide bonds. The van der Waals surface area contributed by atoms with Crippen molar-refractivity contribution < 1.29 is 9.53 Å². The molecule has 0 spiro atoms. The number of carbonyl (C=O) groups excluding carboxylic acids is 1. The summed E-state index contributed by atoms with van der Waals surface area (Å²) in [6, 6.07) is 0.962. The van der Waals surface area contributed by atoms with E-state index in [9.17, 15) is 4.79 Å². The van der Waals surface area contributed by atoms with Crippen molar-refractivity contribution in [2.45, 2.75) is 6.04 Å². The number of hydrogen-bond donors (Lipinski definition) is 1. The zero-order valence-electron chi connectivity index (χ0n) is 7.03. The second-order valence-electron chi connectivity index (χ2n) is 2.44. The van der Waals surface area contributed by atoms with Crippen molar-refractivity contribution in [2.24, 2.45) is 5.73 Å². The molecule has 1 atom stereocenters. The molecule has 1 heterocycles. The lowest BCUT2D eigenvalue weighted by Crippen LogP contribution is -2.22. The molecule has 0 saturated heterocycles. The third-order valence-corrected chi connectivity index (χ3v) is 1.97. The van der Waals surface area contributed by atoms with E-state index in [1.807, 2.05) is 0 Å². The van der Waals surface area contributed by atoms with Gasteiger partial charge in [0, 0.05) is 16.9 Å². The van der Waals surface area contributed by atoms with Gasteiger partial charge >= 0.3 is 5.97 Å². The van der Waals surface area contributed by atoms with Crippen LogP contribution < -0.4 is 5.73 Å². The van der Waals surface area contributed by atoms with Gasteiger partial charge in [-0.25, -0.2) is 0 Å². The third-order valence-electron chi connectivity index (χ3n) is 1.54. The maximum atomic E-state index is 11.0.